The van der Waals surface area contributed by atoms with Gasteiger partial charge in [0.05, 0.1) is 0 Å². The van der Waals surface area contributed by atoms with Crippen LogP contribution >= 0.6 is 0 Å². The summed E-state index contributed by atoms with van der Waals surface area (Å²) in [6, 6.07) is 6.93. The second-order valence-corrected chi connectivity index (χ2v) is 5.33. The lowest BCUT2D eigenvalue weighted by molar-refractivity contribution is 0.163. The maximum absolute atomic E-state index is 14.4. The fraction of sp³-hybridized carbons (Fsp3) is 0.571. The molecule has 0 amide bonds. The van der Waals surface area contributed by atoms with Gasteiger partial charge in [-0.2, -0.15) is 0 Å². The lowest BCUT2D eigenvalue weighted by atomic mass is 9.85. The third-order valence-electron chi connectivity index (χ3n) is 4.09. The van der Waals surface area contributed by atoms with Crippen LogP contribution in [0, 0.1) is 11.7 Å². The van der Waals surface area contributed by atoms with E-state index in [1.54, 1.807) is 12.1 Å². The molecule has 1 N–H and O–H groups in total. The fourth-order valence-corrected chi connectivity index (χ4v) is 3.29. The van der Waals surface area contributed by atoms with Crippen LogP contribution in [0.25, 0.3) is 0 Å². The average Bonchev–Trinajstić information content (AvgIpc) is 2.67. The first-order valence-corrected chi connectivity index (χ1v) is 6.38. The Balaban J connectivity index is 1.76. The van der Waals surface area contributed by atoms with E-state index in [-0.39, 0.29) is 11.7 Å². The predicted molar refractivity (Wildman–Crippen MR) is 62.9 cm³/mol. The number of rotatable bonds is 2. The number of fused-ring (bicyclic) bond motifs is 2. The van der Waals surface area contributed by atoms with E-state index >= 15 is 0 Å². The molecule has 92 valence electrons. The molecular weight excluding hydrogens is 220 g/mol. The molecule has 3 unspecified atom stereocenters. The molecule has 2 bridgehead atoms. The first-order valence-electron chi connectivity index (χ1n) is 6.38. The van der Waals surface area contributed by atoms with Crippen molar-refractivity contribution in [3.63, 3.8) is 0 Å². The summed E-state index contributed by atoms with van der Waals surface area (Å²) in [5.74, 6) is -0.294. The van der Waals surface area contributed by atoms with Crippen molar-refractivity contribution in [3.05, 3.63) is 35.6 Å². The molecule has 2 heterocycles. The lowest BCUT2D eigenvalue weighted by Gasteiger charge is -2.31. The molecule has 3 heteroatoms. The SMILES string of the molecule is Fc1cccc(C(F)C2CC3CCC(C2)N3)c1. The van der Waals surface area contributed by atoms with Crippen molar-refractivity contribution in [2.45, 2.75) is 43.9 Å². The molecule has 2 aliphatic rings. The molecule has 0 aliphatic carbocycles. The number of piperidine rings is 1. The minimum absolute atomic E-state index is 0.0514. The van der Waals surface area contributed by atoms with Crippen molar-refractivity contribution in [1.29, 1.82) is 0 Å². The second-order valence-electron chi connectivity index (χ2n) is 5.33. The molecule has 1 aromatic rings. The smallest absolute Gasteiger partial charge is 0.128 e. The van der Waals surface area contributed by atoms with Gasteiger partial charge in [0.15, 0.2) is 0 Å². The summed E-state index contributed by atoms with van der Waals surface area (Å²) in [5, 5.41) is 3.50. The van der Waals surface area contributed by atoms with Gasteiger partial charge in [-0.3, -0.25) is 0 Å². The number of hydrogen-bond acceptors (Lipinski definition) is 1. The van der Waals surface area contributed by atoms with E-state index in [0.29, 0.717) is 17.6 Å². The van der Waals surface area contributed by atoms with Crippen LogP contribution in [-0.4, -0.2) is 12.1 Å². The molecular formula is C14H17F2N. The normalized spacial score (nSPS) is 33.6. The maximum atomic E-state index is 14.4. The van der Waals surface area contributed by atoms with Gasteiger partial charge in [0.1, 0.15) is 12.0 Å². The molecule has 0 radical (unpaired) electrons. The van der Waals surface area contributed by atoms with E-state index in [1.807, 2.05) is 0 Å². The predicted octanol–water partition coefficient (Wildman–Crippen LogP) is 3.37. The van der Waals surface area contributed by atoms with Crippen molar-refractivity contribution in [1.82, 2.24) is 5.32 Å². The van der Waals surface area contributed by atoms with Gasteiger partial charge in [-0.05, 0) is 49.3 Å². The highest BCUT2D eigenvalue weighted by Crippen LogP contribution is 2.40. The van der Waals surface area contributed by atoms with Crippen LogP contribution in [0.4, 0.5) is 8.78 Å². The molecule has 0 saturated carbocycles. The highest BCUT2D eigenvalue weighted by atomic mass is 19.1. The largest absolute Gasteiger partial charge is 0.311 e. The van der Waals surface area contributed by atoms with E-state index in [4.69, 9.17) is 0 Å². The monoisotopic (exact) mass is 237 g/mol. The summed E-state index contributed by atoms with van der Waals surface area (Å²) in [4.78, 5) is 0. The lowest BCUT2D eigenvalue weighted by Crippen LogP contribution is -2.39. The first kappa shape index (κ1) is 11.1. The number of alkyl halides is 1. The Kier molecular flexibility index (Phi) is 2.87. The topological polar surface area (TPSA) is 12.0 Å². The Hall–Kier alpha value is -0.960. The van der Waals surface area contributed by atoms with Crippen molar-refractivity contribution in [3.8, 4) is 0 Å². The number of benzene rings is 1. The van der Waals surface area contributed by atoms with E-state index in [0.717, 1.165) is 25.7 Å². The summed E-state index contributed by atoms with van der Waals surface area (Å²) in [5.41, 5.74) is 0.497. The average molecular weight is 237 g/mol. The van der Waals surface area contributed by atoms with Crippen LogP contribution in [0.3, 0.4) is 0 Å². The Bertz CT molecular complexity index is 395. The molecule has 17 heavy (non-hydrogen) atoms. The van der Waals surface area contributed by atoms with E-state index in [1.165, 1.54) is 12.1 Å². The molecule has 2 fully saturated rings. The van der Waals surface area contributed by atoms with Crippen molar-refractivity contribution < 1.29 is 8.78 Å². The van der Waals surface area contributed by atoms with Gasteiger partial charge in [-0.15, -0.1) is 0 Å². The quantitative estimate of drug-likeness (QED) is 0.831. The zero-order valence-corrected chi connectivity index (χ0v) is 9.70. The van der Waals surface area contributed by atoms with Gasteiger partial charge in [0, 0.05) is 12.1 Å². The summed E-state index contributed by atoms with van der Waals surface area (Å²) < 4.78 is 27.5. The first-order chi connectivity index (χ1) is 8.22. The van der Waals surface area contributed by atoms with Crippen molar-refractivity contribution in [2.24, 2.45) is 5.92 Å². The zero-order valence-electron chi connectivity index (χ0n) is 9.70. The van der Waals surface area contributed by atoms with Crippen LogP contribution in [0.15, 0.2) is 24.3 Å². The molecule has 0 spiro atoms. The van der Waals surface area contributed by atoms with Gasteiger partial charge in [0.25, 0.3) is 0 Å². The summed E-state index contributed by atoms with van der Waals surface area (Å²) >= 11 is 0. The van der Waals surface area contributed by atoms with Gasteiger partial charge < -0.3 is 5.32 Å². The Labute approximate surface area is 100 Å². The standard InChI is InChI=1S/C14H17F2N/c15-11-3-1-2-9(6-11)14(16)10-7-12-4-5-13(8-10)17-12/h1-3,6,10,12-14,17H,4-5,7-8H2. The van der Waals surface area contributed by atoms with Gasteiger partial charge >= 0.3 is 0 Å². The Morgan fingerprint density at radius 2 is 1.88 bits per heavy atom. The number of hydrogen-bond donors (Lipinski definition) is 1. The van der Waals surface area contributed by atoms with E-state index < -0.39 is 6.17 Å². The Morgan fingerprint density at radius 1 is 1.18 bits per heavy atom. The summed E-state index contributed by atoms with van der Waals surface area (Å²) in [6.07, 6.45) is 3.08. The fourth-order valence-electron chi connectivity index (χ4n) is 3.29. The maximum Gasteiger partial charge on any atom is 0.128 e. The molecule has 0 aromatic heterocycles. The highest BCUT2D eigenvalue weighted by Gasteiger charge is 2.37. The van der Waals surface area contributed by atoms with E-state index in [9.17, 15) is 8.78 Å². The van der Waals surface area contributed by atoms with Crippen LogP contribution in [0.1, 0.15) is 37.4 Å². The number of nitrogens with one attached hydrogen (secondary N) is 1. The summed E-state index contributed by atoms with van der Waals surface area (Å²) in [6.45, 7) is 0. The molecule has 1 aromatic carbocycles. The second kappa shape index (κ2) is 4.37. The van der Waals surface area contributed by atoms with Crippen LogP contribution < -0.4 is 5.32 Å². The highest BCUT2D eigenvalue weighted by molar-refractivity contribution is 5.20. The zero-order chi connectivity index (χ0) is 11.8. The van der Waals surface area contributed by atoms with Gasteiger partial charge in [-0.25, -0.2) is 8.78 Å². The molecule has 1 nitrogen and oxygen atoms in total. The minimum Gasteiger partial charge on any atom is -0.311 e. The van der Waals surface area contributed by atoms with Crippen LogP contribution in [-0.2, 0) is 0 Å². The third-order valence-corrected chi connectivity index (χ3v) is 4.09. The van der Waals surface area contributed by atoms with Gasteiger partial charge in [-0.1, -0.05) is 12.1 Å². The molecule has 2 aliphatic heterocycles. The third kappa shape index (κ3) is 2.21. The molecule has 2 saturated heterocycles. The van der Waals surface area contributed by atoms with E-state index in [2.05, 4.69) is 5.32 Å². The summed E-state index contributed by atoms with van der Waals surface area (Å²) in [7, 11) is 0. The van der Waals surface area contributed by atoms with Crippen molar-refractivity contribution in [2.75, 3.05) is 0 Å². The minimum atomic E-state index is -1.02. The van der Waals surface area contributed by atoms with Crippen molar-refractivity contribution >= 4 is 0 Å². The Morgan fingerprint density at radius 3 is 2.53 bits per heavy atom. The van der Waals surface area contributed by atoms with Crippen LogP contribution in [0.5, 0.6) is 0 Å². The van der Waals surface area contributed by atoms with Gasteiger partial charge in [0.2, 0.25) is 0 Å². The molecule has 3 rings (SSSR count). The van der Waals surface area contributed by atoms with Crippen LogP contribution in [0.2, 0.25) is 0 Å². The number of halogens is 2. The molecule has 3 atom stereocenters.